The van der Waals surface area contributed by atoms with Crippen LogP contribution in [0.4, 0.5) is 0 Å². The Balaban J connectivity index is 1.59. The predicted molar refractivity (Wildman–Crippen MR) is 107 cm³/mol. The van der Waals surface area contributed by atoms with Crippen LogP contribution in [0.5, 0.6) is 23.0 Å². The van der Waals surface area contributed by atoms with Gasteiger partial charge in [0.15, 0.2) is 29.6 Å². The summed E-state index contributed by atoms with van der Waals surface area (Å²) in [5, 5.41) is 4.31. The highest BCUT2D eigenvalue weighted by molar-refractivity contribution is 9.11. The molecule has 0 radical (unpaired) electrons. The van der Waals surface area contributed by atoms with Gasteiger partial charge in [-0.1, -0.05) is 27.5 Å². The number of benzene rings is 2. The summed E-state index contributed by atoms with van der Waals surface area (Å²) in [7, 11) is 1.51. The molecule has 142 valence electrons. The van der Waals surface area contributed by atoms with Crippen LogP contribution in [0, 0.1) is 0 Å². The molecule has 0 fully saturated rings. The highest BCUT2D eigenvalue weighted by Crippen LogP contribution is 2.38. The standard InChI is InChI=1S/C17H13Br2ClN2O5/c1-24-15-4-10(18)3-11(19)17(15)25-7-16(23)22-21-6-9-2-13-14(5-12(9)20)27-8-26-13/h2-6H,7-8H2,1H3,(H,22,23)/b21-6-. The largest absolute Gasteiger partial charge is 0.493 e. The average Bonchev–Trinajstić information content (AvgIpc) is 3.07. The summed E-state index contributed by atoms with van der Waals surface area (Å²) < 4.78 is 22.7. The molecule has 0 saturated heterocycles. The van der Waals surface area contributed by atoms with Crippen molar-refractivity contribution < 1.29 is 23.7 Å². The second kappa shape index (κ2) is 8.81. The maximum absolute atomic E-state index is 12.0. The molecular formula is C17H13Br2ClN2O5. The SMILES string of the molecule is COc1cc(Br)cc(Br)c1OCC(=O)N/N=C\c1cc2c(cc1Cl)OCO2. The van der Waals surface area contributed by atoms with Crippen LogP contribution in [0.2, 0.25) is 5.02 Å². The van der Waals surface area contributed by atoms with Crippen molar-refractivity contribution in [2.75, 3.05) is 20.5 Å². The Hall–Kier alpha value is -1.97. The van der Waals surface area contributed by atoms with Crippen LogP contribution >= 0.6 is 43.5 Å². The molecule has 0 bridgehead atoms. The molecule has 7 nitrogen and oxygen atoms in total. The first-order valence-electron chi connectivity index (χ1n) is 7.55. The second-order valence-corrected chi connectivity index (χ2v) is 7.41. The maximum atomic E-state index is 12.0. The topological polar surface area (TPSA) is 78.4 Å². The van der Waals surface area contributed by atoms with Gasteiger partial charge in [-0.05, 0) is 34.1 Å². The van der Waals surface area contributed by atoms with Gasteiger partial charge in [0.2, 0.25) is 6.79 Å². The Morgan fingerprint density at radius 3 is 2.78 bits per heavy atom. The number of methoxy groups -OCH3 is 1. The zero-order valence-electron chi connectivity index (χ0n) is 13.9. The fourth-order valence-electron chi connectivity index (χ4n) is 2.20. The van der Waals surface area contributed by atoms with Gasteiger partial charge < -0.3 is 18.9 Å². The molecule has 1 N–H and O–H groups in total. The number of hydrazone groups is 1. The molecule has 3 rings (SSSR count). The van der Waals surface area contributed by atoms with E-state index in [0.29, 0.717) is 38.1 Å². The summed E-state index contributed by atoms with van der Waals surface area (Å²) in [6.45, 7) is -0.0990. The Bertz CT molecular complexity index is 907. The van der Waals surface area contributed by atoms with E-state index in [2.05, 4.69) is 42.4 Å². The zero-order chi connectivity index (χ0) is 19.4. The fourth-order valence-corrected chi connectivity index (χ4v) is 3.71. The molecule has 0 saturated carbocycles. The Morgan fingerprint density at radius 2 is 2.04 bits per heavy atom. The highest BCUT2D eigenvalue weighted by Gasteiger charge is 2.16. The van der Waals surface area contributed by atoms with Crippen molar-refractivity contribution in [1.29, 1.82) is 0 Å². The van der Waals surface area contributed by atoms with Crippen LogP contribution in [0.25, 0.3) is 0 Å². The molecule has 0 unspecified atom stereocenters. The first-order chi connectivity index (χ1) is 13.0. The van der Waals surface area contributed by atoms with E-state index in [1.807, 2.05) is 0 Å². The van der Waals surface area contributed by atoms with Gasteiger partial charge in [-0.15, -0.1) is 0 Å². The molecule has 1 aliphatic rings. The molecule has 1 heterocycles. The number of rotatable bonds is 6. The van der Waals surface area contributed by atoms with Gasteiger partial charge in [0, 0.05) is 16.1 Å². The quantitative estimate of drug-likeness (QED) is 0.458. The molecule has 0 atom stereocenters. The number of ether oxygens (including phenoxy) is 4. The lowest BCUT2D eigenvalue weighted by atomic mass is 10.2. The predicted octanol–water partition coefficient (Wildman–Crippen LogP) is 4.13. The minimum Gasteiger partial charge on any atom is -0.493 e. The van der Waals surface area contributed by atoms with Crippen molar-refractivity contribution in [2.24, 2.45) is 5.10 Å². The van der Waals surface area contributed by atoms with Crippen LogP contribution in [0.3, 0.4) is 0 Å². The number of amides is 1. The van der Waals surface area contributed by atoms with E-state index in [0.717, 1.165) is 4.47 Å². The lowest BCUT2D eigenvalue weighted by Gasteiger charge is -2.12. The number of nitrogens with zero attached hydrogens (tertiary/aromatic N) is 1. The maximum Gasteiger partial charge on any atom is 0.277 e. The van der Waals surface area contributed by atoms with Crippen molar-refractivity contribution in [2.45, 2.75) is 0 Å². The number of hydrogen-bond acceptors (Lipinski definition) is 6. The van der Waals surface area contributed by atoms with Crippen molar-refractivity contribution >= 4 is 55.6 Å². The van der Waals surface area contributed by atoms with Crippen LogP contribution in [-0.4, -0.2) is 32.6 Å². The van der Waals surface area contributed by atoms with E-state index in [9.17, 15) is 4.79 Å². The number of hydrogen-bond donors (Lipinski definition) is 1. The first kappa shape index (κ1) is 19.8. The number of fused-ring (bicyclic) bond motifs is 1. The van der Waals surface area contributed by atoms with Crippen molar-refractivity contribution in [3.63, 3.8) is 0 Å². The first-order valence-corrected chi connectivity index (χ1v) is 9.51. The number of carbonyl (C=O) groups is 1. The molecular weight excluding hydrogens is 507 g/mol. The van der Waals surface area contributed by atoms with E-state index in [-0.39, 0.29) is 13.4 Å². The lowest BCUT2D eigenvalue weighted by Crippen LogP contribution is -2.24. The normalized spacial score (nSPS) is 12.3. The average molecular weight is 521 g/mol. The summed E-state index contributed by atoms with van der Waals surface area (Å²) >= 11 is 12.9. The zero-order valence-corrected chi connectivity index (χ0v) is 17.9. The Kier molecular flexibility index (Phi) is 6.46. The number of halogens is 3. The van der Waals surface area contributed by atoms with E-state index in [1.165, 1.54) is 13.3 Å². The fraction of sp³-hybridized carbons (Fsp3) is 0.176. The molecule has 1 aliphatic heterocycles. The van der Waals surface area contributed by atoms with Gasteiger partial charge in [0.05, 0.1) is 22.8 Å². The Morgan fingerprint density at radius 1 is 1.30 bits per heavy atom. The van der Waals surface area contributed by atoms with Gasteiger partial charge >= 0.3 is 0 Å². The van der Waals surface area contributed by atoms with E-state index < -0.39 is 5.91 Å². The van der Waals surface area contributed by atoms with Crippen molar-refractivity contribution in [1.82, 2.24) is 5.43 Å². The molecule has 2 aromatic carbocycles. The molecule has 0 aliphatic carbocycles. The monoisotopic (exact) mass is 518 g/mol. The van der Waals surface area contributed by atoms with Gasteiger partial charge in [0.1, 0.15) is 0 Å². The van der Waals surface area contributed by atoms with Gasteiger partial charge in [0.25, 0.3) is 5.91 Å². The Labute approximate surface area is 176 Å². The summed E-state index contributed by atoms with van der Waals surface area (Å²) in [4.78, 5) is 12.0. The van der Waals surface area contributed by atoms with Crippen LogP contribution in [0.15, 0.2) is 38.3 Å². The van der Waals surface area contributed by atoms with E-state index in [1.54, 1.807) is 24.3 Å². The van der Waals surface area contributed by atoms with Crippen molar-refractivity contribution in [3.8, 4) is 23.0 Å². The van der Waals surface area contributed by atoms with E-state index in [4.69, 9.17) is 30.5 Å². The van der Waals surface area contributed by atoms with Crippen LogP contribution in [-0.2, 0) is 4.79 Å². The molecule has 2 aromatic rings. The van der Waals surface area contributed by atoms with Gasteiger partial charge in [-0.2, -0.15) is 5.10 Å². The lowest BCUT2D eigenvalue weighted by molar-refractivity contribution is -0.123. The molecule has 10 heteroatoms. The smallest absolute Gasteiger partial charge is 0.277 e. The minimum atomic E-state index is -0.444. The highest BCUT2D eigenvalue weighted by atomic mass is 79.9. The summed E-state index contributed by atoms with van der Waals surface area (Å²) in [6, 6.07) is 6.83. The summed E-state index contributed by atoms with van der Waals surface area (Å²) in [5.41, 5.74) is 2.96. The third-order valence-electron chi connectivity index (χ3n) is 3.43. The number of nitrogens with one attached hydrogen (secondary N) is 1. The van der Waals surface area contributed by atoms with Crippen LogP contribution in [0.1, 0.15) is 5.56 Å². The third-order valence-corrected chi connectivity index (χ3v) is 4.80. The minimum absolute atomic E-state index is 0.148. The molecule has 0 aromatic heterocycles. The van der Waals surface area contributed by atoms with Crippen molar-refractivity contribution in [3.05, 3.63) is 43.8 Å². The second-order valence-electron chi connectivity index (χ2n) is 5.23. The van der Waals surface area contributed by atoms with Gasteiger partial charge in [-0.25, -0.2) is 5.43 Å². The van der Waals surface area contributed by atoms with Gasteiger partial charge in [-0.3, -0.25) is 4.79 Å². The molecule has 1 amide bonds. The molecule has 0 spiro atoms. The van der Waals surface area contributed by atoms with Crippen LogP contribution < -0.4 is 24.4 Å². The summed E-state index contributed by atoms with van der Waals surface area (Å²) in [5.74, 6) is 1.60. The van der Waals surface area contributed by atoms with E-state index >= 15 is 0 Å². The molecule has 27 heavy (non-hydrogen) atoms. The third kappa shape index (κ3) is 4.85. The summed E-state index contributed by atoms with van der Waals surface area (Å²) in [6.07, 6.45) is 1.42. The number of carbonyl (C=O) groups excluding carboxylic acids is 1.